The molecule has 1 aromatic carbocycles. The number of nitrogens with one attached hydrogen (secondary N) is 1. The summed E-state index contributed by atoms with van der Waals surface area (Å²) in [7, 11) is 1.65. The molecule has 0 heterocycles. The lowest BCUT2D eigenvalue weighted by Crippen LogP contribution is -2.35. The maximum atomic E-state index is 10.0. The van der Waals surface area contributed by atoms with E-state index in [9.17, 15) is 5.11 Å². The Balaban J connectivity index is 1.96. The molecule has 1 aliphatic carbocycles. The summed E-state index contributed by atoms with van der Waals surface area (Å²) in [5.41, 5.74) is 0.913. The number of methoxy groups -OCH3 is 1. The lowest BCUT2D eigenvalue weighted by Gasteiger charge is -2.30. The Labute approximate surface area is 126 Å². The zero-order chi connectivity index (χ0) is 14.5. The number of aromatic hydroxyl groups is 1. The first kappa shape index (κ1) is 15.5. The minimum absolute atomic E-state index is 0.140. The summed E-state index contributed by atoms with van der Waals surface area (Å²) < 4.78 is 5.24. The van der Waals surface area contributed by atoms with E-state index in [1.165, 1.54) is 25.7 Å². The third-order valence-corrected chi connectivity index (χ3v) is 5.33. The van der Waals surface area contributed by atoms with Gasteiger partial charge >= 0.3 is 0 Å². The number of ether oxygens (including phenoxy) is 1. The fraction of sp³-hybridized carbons (Fsp3) is 0.625. The highest BCUT2D eigenvalue weighted by atomic mass is 32.2. The average Bonchev–Trinajstić information content (AvgIpc) is 2.48. The van der Waals surface area contributed by atoms with E-state index in [-0.39, 0.29) is 6.04 Å². The molecule has 2 N–H and O–H groups in total. The van der Waals surface area contributed by atoms with Crippen molar-refractivity contribution in [1.29, 1.82) is 0 Å². The fourth-order valence-electron chi connectivity index (χ4n) is 2.91. The van der Waals surface area contributed by atoms with E-state index in [4.69, 9.17) is 4.74 Å². The van der Waals surface area contributed by atoms with Crippen LogP contribution < -0.4 is 10.1 Å². The first-order valence-electron chi connectivity index (χ1n) is 7.29. The maximum Gasteiger partial charge on any atom is 0.120 e. The van der Waals surface area contributed by atoms with E-state index in [1.54, 1.807) is 19.2 Å². The number of hydrogen-bond acceptors (Lipinski definition) is 4. The molecule has 2 rings (SSSR count). The second kappa shape index (κ2) is 7.23. The van der Waals surface area contributed by atoms with Crippen LogP contribution in [-0.2, 0) is 0 Å². The van der Waals surface area contributed by atoms with Crippen LogP contribution in [0.3, 0.4) is 0 Å². The molecule has 1 unspecified atom stereocenters. The molecular formula is C16H25NO2S. The lowest BCUT2D eigenvalue weighted by molar-refractivity contribution is 0.345. The van der Waals surface area contributed by atoms with Crippen LogP contribution in [0.2, 0.25) is 0 Å². The molecule has 1 fully saturated rings. The van der Waals surface area contributed by atoms with Crippen LogP contribution in [0.1, 0.15) is 44.2 Å². The van der Waals surface area contributed by atoms with Crippen LogP contribution >= 0.6 is 11.8 Å². The number of hydrogen-bond donors (Lipinski definition) is 2. The van der Waals surface area contributed by atoms with Gasteiger partial charge in [-0.05, 0) is 57.1 Å². The van der Waals surface area contributed by atoms with Gasteiger partial charge in [0.1, 0.15) is 11.5 Å². The predicted octanol–water partition coefficient (Wildman–Crippen LogP) is 3.73. The molecule has 0 amide bonds. The van der Waals surface area contributed by atoms with Crippen molar-refractivity contribution < 1.29 is 9.84 Å². The topological polar surface area (TPSA) is 41.5 Å². The highest BCUT2D eigenvalue weighted by molar-refractivity contribution is 7.99. The Hall–Kier alpha value is -0.870. The van der Waals surface area contributed by atoms with Crippen molar-refractivity contribution in [2.75, 3.05) is 13.4 Å². The van der Waals surface area contributed by atoms with Crippen molar-refractivity contribution in [2.24, 2.45) is 0 Å². The normalized spacial score (nSPS) is 24.4. The Bertz CT molecular complexity index is 430. The fourth-order valence-corrected chi connectivity index (χ4v) is 3.66. The highest BCUT2D eigenvalue weighted by Gasteiger charge is 2.22. The van der Waals surface area contributed by atoms with Gasteiger partial charge in [0, 0.05) is 22.9 Å². The van der Waals surface area contributed by atoms with Gasteiger partial charge in [-0.2, -0.15) is 11.8 Å². The van der Waals surface area contributed by atoms with Gasteiger partial charge < -0.3 is 15.2 Å². The van der Waals surface area contributed by atoms with Gasteiger partial charge in [0.25, 0.3) is 0 Å². The molecule has 0 spiro atoms. The number of thioether (sulfide) groups is 1. The standard InChI is InChI=1S/C16H25NO2S/c1-11(15-10-13(19-2)6-9-16(15)18)17-12-4-7-14(20-3)8-5-12/h6,9-12,14,17-18H,4-5,7-8H2,1-3H3. The molecule has 0 aromatic heterocycles. The van der Waals surface area contributed by atoms with Crippen molar-refractivity contribution in [3.8, 4) is 11.5 Å². The minimum atomic E-state index is 0.140. The third-order valence-electron chi connectivity index (χ3n) is 4.19. The van der Waals surface area contributed by atoms with Crippen LogP contribution in [0.25, 0.3) is 0 Å². The van der Waals surface area contributed by atoms with E-state index in [2.05, 4.69) is 18.5 Å². The van der Waals surface area contributed by atoms with Gasteiger partial charge in [0.15, 0.2) is 0 Å². The summed E-state index contributed by atoms with van der Waals surface area (Å²) in [4.78, 5) is 0. The Morgan fingerprint density at radius 2 is 2.00 bits per heavy atom. The summed E-state index contributed by atoms with van der Waals surface area (Å²) in [6.07, 6.45) is 7.22. The van der Waals surface area contributed by atoms with Crippen molar-refractivity contribution in [1.82, 2.24) is 5.32 Å². The van der Waals surface area contributed by atoms with Gasteiger partial charge in [-0.3, -0.25) is 0 Å². The molecule has 3 nitrogen and oxygen atoms in total. The van der Waals surface area contributed by atoms with Gasteiger partial charge in [-0.25, -0.2) is 0 Å². The molecule has 1 saturated carbocycles. The first-order valence-corrected chi connectivity index (χ1v) is 8.58. The quantitative estimate of drug-likeness (QED) is 0.868. The molecule has 1 atom stereocenters. The van der Waals surface area contributed by atoms with E-state index in [0.29, 0.717) is 11.8 Å². The Morgan fingerprint density at radius 1 is 1.30 bits per heavy atom. The third kappa shape index (κ3) is 3.83. The molecule has 1 aliphatic rings. The SMILES string of the molecule is COc1ccc(O)c(C(C)NC2CCC(SC)CC2)c1. The second-order valence-electron chi connectivity index (χ2n) is 5.52. The summed E-state index contributed by atoms with van der Waals surface area (Å²) >= 11 is 1.99. The zero-order valence-corrected chi connectivity index (χ0v) is 13.4. The van der Waals surface area contributed by atoms with Gasteiger partial charge in [-0.15, -0.1) is 0 Å². The molecule has 112 valence electrons. The summed E-state index contributed by atoms with van der Waals surface area (Å²) in [5, 5.41) is 14.5. The van der Waals surface area contributed by atoms with Crippen LogP contribution in [-0.4, -0.2) is 29.8 Å². The zero-order valence-electron chi connectivity index (χ0n) is 12.6. The highest BCUT2D eigenvalue weighted by Crippen LogP contribution is 2.31. The van der Waals surface area contributed by atoms with Gasteiger partial charge in [0.05, 0.1) is 7.11 Å². The van der Waals surface area contributed by atoms with Crippen LogP contribution in [0.15, 0.2) is 18.2 Å². The molecule has 0 saturated heterocycles. The number of rotatable bonds is 5. The minimum Gasteiger partial charge on any atom is -0.508 e. The molecule has 0 aliphatic heterocycles. The Kier molecular flexibility index (Phi) is 5.61. The molecule has 1 aromatic rings. The monoisotopic (exact) mass is 295 g/mol. The molecule has 4 heteroatoms. The molecule has 0 radical (unpaired) electrons. The maximum absolute atomic E-state index is 10.0. The van der Waals surface area contributed by atoms with Crippen molar-refractivity contribution in [3.05, 3.63) is 23.8 Å². The van der Waals surface area contributed by atoms with Gasteiger partial charge in [-0.1, -0.05) is 0 Å². The van der Waals surface area contributed by atoms with E-state index >= 15 is 0 Å². The lowest BCUT2D eigenvalue weighted by atomic mass is 9.93. The predicted molar refractivity (Wildman–Crippen MR) is 85.8 cm³/mol. The molecule has 0 bridgehead atoms. The van der Waals surface area contributed by atoms with Crippen molar-refractivity contribution in [2.45, 2.75) is 49.9 Å². The average molecular weight is 295 g/mol. The van der Waals surface area contributed by atoms with E-state index in [1.807, 2.05) is 17.8 Å². The largest absolute Gasteiger partial charge is 0.508 e. The number of phenols is 1. The van der Waals surface area contributed by atoms with E-state index in [0.717, 1.165) is 16.6 Å². The summed E-state index contributed by atoms with van der Waals surface area (Å²) in [6.45, 7) is 2.11. The summed E-state index contributed by atoms with van der Waals surface area (Å²) in [5.74, 6) is 1.13. The Morgan fingerprint density at radius 3 is 2.60 bits per heavy atom. The number of benzene rings is 1. The first-order chi connectivity index (χ1) is 9.63. The van der Waals surface area contributed by atoms with Crippen molar-refractivity contribution >= 4 is 11.8 Å². The smallest absolute Gasteiger partial charge is 0.120 e. The molecule has 20 heavy (non-hydrogen) atoms. The van der Waals surface area contributed by atoms with Crippen molar-refractivity contribution in [3.63, 3.8) is 0 Å². The number of phenolic OH excluding ortho intramolecular Hbond substituents is 1. The molecular weight excluding hydrogens is 270 g/mol. The van der Waals surface area contributed by atoms with E-state index < -0.39 is 0 Å². The second-order valence-corrected chi connectivity index (χ2v) is 6.66. The summed E-state index contributed by atoms with van der Waals surface area (Å²) in [6, 6.07) is 6.10. The van der Waals surface area contributed by atoms with Crippen LogP contribution in [0.4, 0.5) is 0 Å². The van der Waals surface area contributed by atoms with Crippen LogP contribution in [0.5, 0.6) is 11.5 Å². The van der Waals surface area contributed by atoms with Gasteiger partial charge in [0.2, 0.25) is 0 Å². The van der Waals surface area contributed by atoms with Crippen LogP contribution in [0, 0.1) is 0 Å².